The first-order valence-electron chi connectivity index (χ1n) is 12.0. The van der Waals surface area contributed by atoms with E-state index in [9.17, 15) is 4.79 Å². The van der Waals surface area contributed by atoms with E-state index >= 15 is 0 Å². The normalized spacial score (nSPS) is 11.9. The highest BCUT2D eigenvalue weighted by Crippen LogP contribution is 2.27. The summed E-state index contributed by atoms with van der Waals surface area (Å²) in [6, 6.07) is 17.6. The zero-order chi connectivity index (χ0) is 25.5. The van der Waals surface area contributed by atoms with E-state index in [0.717, 1.165) is 45.8 Å². The van der Waals surface area contributed by atoms with Crippen molar-refractivity contribution in [2.75, 3.05) is 46.2 Å². The third-order valence-corrected chi connectivity index (χ3v) is 6.02. The van der Waals surface area contributed by atoms with E-state index in [1.54, 1.807) is 25.6 Å². The number of nitrogens with zero attached hydrogens (tertiary/aromatic N) is 4. The van der Waals surface area contributed by atoms with Gasteiger partial charge in [-0.25, -0.2) is 9.97 Å². The Kier molecular flexibility index (Phi) is 8.07. The number of hydrogen-bond acceptors (Lipinski definition) is 7. The van der Waals surface area contributed by atoms with Crippen LogP contribution in [0.15, 0.2) is 67.1 Å². The Morgan fingerprint density at radius 3 is 2.61 bits per heavy atom. The zero-order valence-electron chi connectivity index (χ0n) is 21.2. The zero-order valence-corrected chi connectivity index (χ0v) is 21.2. The molecule has 0 aliphatic rings. The van der Waals surface area contributed by atoms with Gasteiger partial charge in [0.1, 0.15) is 24.5 Å². The molecule has 0 aliphatic carbocycles. The molecule has 0 spiro atoms. The Labute approximate surface area is 211 Å². The Hall–Kier alpha value is -4.04. The predicted molar refractivity (Wildman–Crippen MR) is 144 cm³/mol. The van der Waals surface area contributed by atoms with Crippen LogP contribution in [0.25, 0.3) is 22.2 Å². The largest absolute Gasteiger partial charge is 0.492 e. The molecule has 4 rings (SSSR count). The number of carbonyl (C=O) groups is 1. The minimum absolute atomic E-state index is 0.119. The second kappa shape index (κ2) is 11.6. The van der Waals surface area contributed by atoms with Gasteiger partial charge in [0.2, 0.25) is 0 Å². The summed E-state index contributed by atoms with van der Waals surface area (Å²) in [5, 5.41) is 6.98. The molecule has 186 valence electrons. The van der Waals surface area contributed by atoms with E-state index in [1.807, 2.05) is 56.6 Å². The van der Waals surface area contributed by atoms with Crippen LogP contribution >= 0.6 is 0 Å². The molecule has 2 heterocycles. The number of rotatable bonds is 10. The van der Waals surface area contributed by atoms with Gasteiger partial charge in [0.15, 0.2) is 0 Å². The Balaban J connectivity index is 1.45. The van der Waals surface area contributed by atoms with E-state index in [4.69, 9.17) is 4.74 Å². The number of pyridine rings is 1. The Bertz CT molecular complexity index is 1320. The van der Waals surface area contributed by atoms with Gasteiger partial charge in [-0.15, -0.1) is 0 Å². The molecule has 0 saturated heterocycles. The highest BCUT2D eigenvalue weighted by Gasteiger charge is 2.15. The van der Waals surface area contributed by atoms with Crippen molar-refractivity contribution < 1.29 is 9.53 Å². The minimum Gasteiger partial charge on any atom is -0.492 e. The average Bonchev–Trinajstić information content (AvgIpc) is 2.91. The summed E-state index contributed by atoms with van der Waals surface area (Å²) in [7, 11) is 5.68. The molecule has 1 atom stereocenters. The number of hydrogen-bond donors (Lipinski definition) is 2. The summed E-state index contributed by atoms with van der Waals surface area (Å²) in [6.07, 6.45) is 3.25. The molecule has 0 unspecified atom stereocenters. The molecule has 8 heteroatoms. The molecular formula is C28H32N6O2. The minimum atomic E-state index is -0.119. The first-order chi connectivity index (χ1) is 17.5. The van der Waals surface area contributed by atoms with E-state index in [-0.39, 0.29) is 11.8 Å². The van der Waals surface area contributed by atoms with Crippen molar-refractivity contribution in [2.45, 2.75) is 12.8 Å². The fourth-order valence-corrected chi connectivity index (χ4v) is 3.98. The standard InChI is InChI=1S/C28H32N6O2/c1-19(22-6-5-7-23-24(28(35)29-2)12-13-30-27(22)23)17-31-26-16-25(32-18-33-26)20-8-10-21(11-9-20)36-15-14-34(3)4/h5-13,16,18-19H,14-15,17H2,1-4H3,(H,29,35)(H,31,32,33)/t19-/m1/s1. The number of anilines is 1. The summed E-state index contributed by atoms with van der Waals surface area (Å²) in [4.78, 5) is 27.8. The second-order valence-corrected chi connectivity index (χ2v) is 8.93. The summed E-state index contributed by atoms with van der Waals surface area (Å²) < 4.78 is 5.78. The van der Waals surface area contributed by atoms with Crippen molar-refractivity contribution in [1.29, 1.82) is 0 Å². The number of carbonyl (C=O) groups excluding carboxylic acids is 1. The number of aromatic nitrogens is 3. The van der Waals surface area contributed by atoms with E-state index in [2.05, 4.69) is 43.5 Å². The second-order valence-electron chi connectivity index (χ2n) is 8.93. The lowest BCUT2D eigenvalue weighted by molar-refractivity contribution is 0.0964. The number of nitrogens with one attached hydrogen (secondary N) is 2. The summed E-state index contributed by atoms with van der Waals surface area (Å²) >= 11 is 0. The summed E-state index contributed by atoms with van der Waals surface area (Å²) in [6.45, 7) is 4.30. The number of fused-ring (bicyclic) bond motifs is 1. The van der Waals surface area contributed by atoms with Crippen LogP contribution in [-0.2, 0) is 0 Å². The van der Waals surface area contributed by atoms with Gasteiger partial charge in [-0.3, -0.25) is 9.78 Å². The van der Waals surface area contributed by atoms with E-state index < -0.39 is 0 Å². The molecule has 1 amide bonds. The van der Waals surface area contributed by atoms with Gasteiger partial charge in [-0.1, -0.05) is 25.1 Å². The van der Waals surface area contributed by atoms with Gasteiger partial charge in [0.25, 0.3) is 5.91 Å². The van der Waals surface area contributed by atoms with Crippen molar-refractivity contribution in [3.8, 4) is 17.0 Å². The molecule has 8 nitrogen and oxygen atoms in total. The number of amides is 1. The van der Waals surface area contributed by atoms with Gasteiger partial charge < -0.3 is 20.3 Å². The third-order valence-electron chi connectivity index (χ3n) is 6.02. The first-order valence-corrected chi connectivity index (χ1v) is 12.0. The summed E-state index contributed by atoms with van der Waals surface area (Å²) in [5.74, 6) is 1.60. The van der Waals surface area contributed by atoms with Crippen molar-refractivity contribution in [3.63, 3.8) is 0 Å². The maximum Gasteiger partial charge on any atom is 0.251 e. The molecule has 0 radical (unpaired) electrons. The van der Waals surface area contributed by atoms with E-state index in [1.165, 1.54) is 0 Å². The van der Waals surface area contributed by atoms with Crippen LogP contribution in [0.3, 0.4) is 0 Å². The van der Waals surface area contributed by atoms with Crippen LogP contribution < -0.4 is 15.4 Å². The number of ether oxygens (including phenoxy) is 1. The lowest BCUT2D eigenvalue weighted by Crippen LogP contribution is -2.19. The van der Waals surface area contributed by atoms with Crippen molar-refractivity contribution in [1.82, 2.24) is 25.2 Å². The van der Waals surface area contributed by atoms with Gasteiger partial charge in [0, 0.05) is 49.3 Å². The van der Waals surface area contributed by atoms with Gasteiger partial charge >= 0.3 is 0 Å². The highest BCUT2D eigenvalue weighted by atomic mass is 16.5. The van der Waals surface area contributed by atoms with Gasteiger partial charge in [-0.2, -0.15) is 0 Å². The van der Waals surface area contributed by atoms with Crippen LogP contribution in [-0.4, -0.2) is 66.6 Å². The lowest BCUT2D eigenvalue weighted by atomic mass is 9.96. The lowest BCUT2D eigenvalue weighted by Gasteiger charge is -2.16. The van der Waals surface area contributed by atoms with E-state index in [0.29, 0.717) is 18.7 Å². The maximum atomic E-state index is 12.3. The number of likely N-dealkylation sites (N-methyl/N-ethyl adjacent to an activating group) is 1. The van der Waals surface area contributed by atoms with Crippen LogP contribution in [0, 0.1) is 0 Å². The number of para-hydroxylation sites is 1. The van der Waals surface area contributed by atoms with Crippen molar-refractivity contribution in [3.05, 3.63) is 78.2 Å². The smallest absolute Gasteiger partial charge is 0.251 e. The summed E-state index contributed by atoms with van der Waals surface area (Å²) in [5.41, 5.74) is 4.36. The van der Waals surface area contributed by atoms with Crippen molar-refractivity contribution in [2.24, 2.45) is 0 Å². The monoisotopic (exact) mass is 484 g/mol. The van der Waals surface area contributed by atoms with Crippen molar-refractivity contribution >= 4 is 22.6 Å². The first kappa shape index (κ1) is 25.1. The molecule has 0 aliphatic heterocycles. The third kappa shape index (κ3) is 5.95. The van der Waals surface area contributed by atoms with Crippen LogP contribution in [0.2, 0.25) is 0 Å². The molecule has 0 bridgehead atoms. The number of benzene rings is 2. The molecule has 0 saturated carbocycles. The highest BCUT2D eigenvalue weighted by molar-refractivity contribution is 6.06. The topological polar surface area (TPSA) is 92.3 Å². The van der Waals surface area contributed by atoms with Crippen LogP contribution in [0.1, 0.15) is 28.8 Å². The fraction of sp³-hybridized carbons (Fsp3) is 0.286. The van der Waals surface area contributed by atoms with Gasteiger partial charge in [-0.05, 0) is 50.0 Å². The maximum absolute atomic E-state index is 12.3. The molecule has 36 heavy (non-hydrogen) atoms. The molecule has 4 aromatic rings. The van der Waals surface area contributed by atoms with Gasteiger partial charge in [0.05, 0.1) is 16.8 Å². The molecule has 2 aromatic heterocycles. The molecule has 0 fully saturated rings. The average molecular weight is 485 g/mol. The Morgan fingerprint density at radius 2 is 1.86 bits per heavy atom. The predicted octanol–water partition coefficient (Wildman–Crippen LogP) is 4.21. The molecular weight excluding hydrogens is 452 g/mol. The molecule has 2 aromatic carbocycles. The quantitative estimate of drug-likeness (QED) is 0.348. The van der Waals surface area contributed by atoms with Crippen LogP contribution in [0.5, 0.6) is 5.75 Å². The Morgan fingerprint density at radius 1 is 1.06 bits per heavy atom. The van der Waals surface area contributed by atoms with Crippen LogP contribution in [0.4, 0.5) is 5.82 Å². The molecule has 2 N–H and O–H groups in total. The SMILES string of the molecule is CNC(=O)c1ccnc2c([C@H](C)CNc3cc(-c4ccc(OCCN(C)C)cc4)ncn3)cccc12. The fourth-order valence-electron chi connectivity index (χ4n) is 3.98.